The molecule has 0 radical (unpaired) electrons. The van der Waals surface area contributed by atoms with Gasteiger partial charge in [-0.3, -0.25) is 4.79 Å². The van der Waals surface area contributed by atoms with E-state index >= 15 is 0 Å². The third kappa shape index (κ3) is 6.79. The Hall–Kier alpha value is -3.03. The summed E-state index contributed by atoms with van der Waals surface area (Å²) in [5, 5.41) is 10.2. The van der Waals surface area contributed by atoms with E-state index in [1.165, 1.54) is 18.5 Å². The molecule has 1 heterocycles. The molecular weight excluding hydrogens is 397 g/mol. The molecule has 1 aliphatic heterocycles. The zero-order valence-electron chi connectivity index (χ0n) is 16.7. The Balaban J connectivity index is 0.000000396. The lowest BCUT2D eigenvalue weighted by atomic mass is 9.95. The number of nitrogens with one attached hydrogen (secondary N) is 1. The van der Waals surface area contributed by atoms with Gasteiger partial charge in [-0.15, -0.1) is 0 Å². The number of benzene rings is 2. The highest BCUT2D eigenvalue weighted by Crippen LogP contribution is 2.24. The molecule has 2 aromatic carbocycles. The van der Waals surface area contributed by atoms with Gasteiger partial charge in [0.2, 0.25) is 5.91 Å². The van der Waals surface area contributed by atoms with Gasteiger partial charge in [0.25, 0.3) is 0 Å². The molecule has 5 nitrogen and oxygen atoms in total. The summed E-state index contributed by atoms with van der Waals surface area (Å²) in [6.45, 7) is 4.32. The second-order valence-corrected chi connectivity index (χ2v) is 6.90. The molecule has 1 saturated heterocycles. The third-order valence-electron chi connectivity index (χ3n) is 4.78. The van der Waals surface area contributed by atoms with Crippen LogP contribution in [-0.2, 0) is 9.59 Å². The van der Waals surface area contributed by atoms with E-state index in [4.69, 9.17) is 9.90 Å². The molecule has 0 unspecified atom stereocenters. The summed E-state index contributed by atoms with van der Waals surface area (Å²) in [6, 6.07) is 18.2. The predicted octanol–water partition coefficient (Wildman–Crippen LogP) is 5.05. The van der Waals surface area contributed by atoms with Crippen molar-refractivity contribution in [1.82, 2.24) is 0 Å². The minimum absolute atomic E-state index is 0.0626. The summed E-state index contributed by atoms with van der Waals surface area (Å²) < 4.78 is 31.7. The number of rotatable bonds is 5. The van der Waals surface area contributed by atoms with E-state index in [0.29, 0.717) is 0 Å². The number of hydrogen-bond acceptors (Lipinski definition) is 3. The number of nitrogens with zero attached hydrogens (tertiary/aromatic N) is 1. The van der Waals surface area contributed by atoms with Crippen LogP contribution in [-0.4, -0.2) is 36.2 Å². The third-order valence-corrected chi connectivity index (χ3v) is 4.78. The number of carbonyl (C=O) groups is 2. The van der Waals surface area contributed by atoms with Crippen LogP contribution in [0.5, 0.6) is 0 Å². The molecule has 2 aromatic rings. The SMILES string of the molecule is CC[C@@H](C(=O)Nc1ccc(N2CCCC2)cc1)c1ccccc1.O=C(O)C(F)(F)F. The van der Waals surface area contributed by atoms with Gasteiger partial charge in [-0.2, -0.15) is 13.2 Å². The van der Waals surface area contributed by atoms with Crippen molar-refractivity contribution in [3.8, 4) is 0 Å². The van der Waals surface area contributed by atoms with Gasteiger partial charge < -0.3 is 15.3 Å². The number of halogens is 3. The van der Waals surface area contributed by atoms with Gasteiger partial charge in [-0.25, -0.2) is 4.79 Å². The second kappa shape index (κ2) is 10.7. The van der Waals surface area contributed by atoms with Gasteiger partial charge in [0.15, 0.2) is 0 Å². The average molecular weight is 422 g/mol. The molecule has 30 heavy (non-hydrogen) atoms. The fourth-order valence-corrected chi connectivity index (χ4v) is 3.22. The van der Waals surface area contributed by atoms with Crippen LogP contribution < -0.4 is 10.2 Å². The Morgan fingerprint density at radius 2 is 1.57 bits per heavy atom. The lowest BCUT2D eigenvalue weighted by Crippen LogP contribution is -2.21. The van der Waals surface area contributed by atoms with Crippen molar-refractivity contribution in [1.29, 1.82) is 0 Å². The number of carbonyl (C=O) groups excluding carboxylic acids is 1. The normalized spacial score (nSPS) is 14.5. The molecule has 0 aliphatic carbocycles. The number of carboxylic acids is 1. The van der Waals surface area contributed by atoms with E-state index in [1.807, 2.05) is 49.4 Å². The van der Waals surface area contributed by atoms with Crippen molar-refractivity contribution in [3.05, 3.63) is 60.2 Å². The van der Waals surface area contributed by atoms with Gasteiger partial charge in [0.05, 0.1) is 5.92 Å². The topological polar surface area (TPSA) is 69.6 Å². The largest absolute Gasteiger partial charge is 0.490 e. The van der Waals surface area contributed by atoms with Crippen molar-refractivity contribution in [2.45, 2.75) is 38.3 Å². The fraction of sp³-hybridized carbons (Fsp3) is 0.364. The van der Waals surface area contributed by atoms with E-state index < -0.39 is 12.1 Å². The molecule has 0 spiro atoms. The monoisotopic (exact) mass is 422 g/mol. The van der Waals surface area contributed by atoms with Crippen LogP contribution in [0.2, 0.25) is 0 Å². The standard InChI is InChI=1S/C20H24N2O.C2HF3O2/c1-2-19(16-8-4-3-5-9-16)20(23)21-17-10-12-18(13-11-17)22-14-6-7-15-22;3-2(4,5)1(6)7/h3-5,8-13,19H,2,6-7,14-15H2,1H3,(H,21,23);(H,6,7)/t19-;/m1./s1. The van der Waals surface area contributed by atoms with Crippen LogP contribution in [0.25, 0.3) is 0 Å². The van der Waals surface area contributed by atoms with Gasteiger partial charge in [0, 0.05) is 24.5 Å². The highest BCUT2D eigenvalue weighted by molar-refractivity contribution is 5.96. The Kier molecular flexibility index (Phi) is 8.26. The highest BCUT2D eigenvalue weighted by Gasteiger charge is 2.38. The van der Waals surface area contributed by atoms with Crippen molar-refractivity contribution < 1.29 is 27.9 Å². The maximum Gasteiger partial charge on any atom is 0.490 e. The number of amides is 1. The van der Waals surface area contributed by atoms with E-state index in [0.717, 1.165) is 30.8 Å². The van der Waals surface area contributed by atoms with Crippen LogP contribution in [0.4, 0.5) is 24.5 Å². The number of alkyl halides is 3. The lowest BCUT2D eigenvalue weighted by molar-refractivity contribution is -0.192. The zero-order valence-corrected chi connectivity index (χ0v) is 16.7. The van der Waals surface area contributed by atoms with Crippen LogP contribution in [0, 0.1) is 0 Å². The molecule has 1 aliphatic rings. The number of aliphatic carboxylic acids is 1. The van der Waals surface area contributed by atoms with E-state index in [1.54, 1.807) is 0 Å². The van der Waals surface area contributed by atoms with Gasteiger partial charge in [-0.05, 0) is 49.1 Å². The number of anilines is 2. The molecule has 162 valence electrons. The van der Waals surface area contributed by atoms with Gasteiger partial charge in [-0.1, -0.05) is 37.3 Å². The maximum atomic E-state index is 12.6. The van der Waals surface area contributed by atoms with Crippen LogP contribution in [0.15, 0.2) is 54.6 Å². The summed E-state index contributed by atoms with van der Waals surface area (Å²) in [7, 11) is 0. The molecule has 0 aromatic heterocycles. The predicted molar refractivity (Wildman–Crippen MR) is 110 cm³/mol. The fourth-order valence-electron chi connectivity index (χ4n) is 3.22. The molecule has 3 rings (SSSR count). The van der Waals surface area contributed by atoms with Gasteiger partial charge in [0.1, 0.15) is 0 Å². The van der Waals surface area contributed by atoms with E-state index in [9.17, 15) is 18.0 Å². The average Bonchev–Trinajstić information content (AvgIpc) is 3.24. The molecule has 2 N–H and O–H groups in total. The smallest absolute Gasteiger partial charge is 0.475 e. The lowest BCUT2D eigenvalue weighted by Gasteiger charge is -2.19. The minimum atomic E-state index is -5.08. The van der Waals surface area contributed by atoms with Crippen molar-refractivity contribution in [2.24, 2.45) is 0 Å². The number of carboxylic acid groups (broad SMARTS) is 1. The van der Waals surface area contributed by atoms with Crippen molar-refractivity contribution in [2.75, 3.05) is 23.3 Å². The van der Waals surface area contributed by atoms with Crippen LogP contribution in [0.1, 0.15) is 37.7 Å². The minimum Gasteiger partial charge on any atom is -0.475 e. The maximum absolute atomic E-state index is 12.6. The number of hydrogen-bond donors (Lipinski definition) is 2. The van der Waals surface area contributed by atoms with Crippen LogP contribution >= 0.6 is 0 Å². The molecule has 1 fully saturated rings. The quantitative estimate of drug-likeness (QED) is 0.707. The first-order chi connectivity index (χ1) is 14.2. The Bertz CT molecular complexity index is 818. The van der Waals surface area contributed by atoms with Crippen molar-refractivity contribution >= 4 is 23.3 Å². The van der Waals surface area contributed by atoms with Crippen LogP contribution in [0.3, 0.4) is 0 Å². The Morgan fingerprint density at radius 3 is 2.03 bits per heavy atom. The first kappa shape index (κ1) is 23.3. The molecule has 1 amide bonds. The molecule has 0 bridgehead atoms. The Labute approximate surface area is 173 Å². The summed E-state index contributed by atoms with van der Waals surface area (Å²) in [5.41, 5.74) is 3.18. The summed E-state index contributed by atoms with van der Waals surface area (Å²) in [4.78, 5) is 23.9. The molecule has 8 heteroatoms. The zero-order chi connectivity index (χ0) is 22.1. The van der Waals surface area contributed by atoms with Crippen molar-refractivity contribution in [3.63, 3.8) is 0 Å². The molecule has 1 atom stereocenters. The summed E-state index contributed by atoms with van der Waals surface area (Å²) >= 11 is 0. The summed E-state index contributed by atoms with van der Waals surface area (Å²) in [5.74, 6) is -2.80. The Morgan fingerprint density at radius 1 is 1.03 bits per heavy atom. The van der Waals surface area contributed by atoms with E-state index in [-0.39, 0.29) is 11.8 Å². The van der Waals surface area contributed by atoms with E-state index in [2.05, 4.69) is 22.3 Å². The molecular formula is C22H25F3N2O3. The summed E-state index contributed by atoms with van der Waals surface area (Å²) in [6.07, 6.45) is -1.75. The van der Waals surface area contributed by atoms with Gasteiger partial charge >= 0.3 is 12.1 Å². The highest BCUT2D eigenvalue weighted by atomic mass is 19.4. The first-order valence-corrected chi connectivity index (χ1v) is 9.73. The molecule has 0 saturated carbocycles. The first-order valence-electron chi connectivity index (χ1n) is 9.73. The second-order valence-electron chi connectivity index (χ2n) is 6.90.